The first-order chi connectivity index (χ1) is 13.0. The van der Waals surface area contributed by atoms with Crippen molar-refractivity contribution in [3.05, 3.63) is 53.6 Å². The van der Waals surface area contributed by atoms with Crippen molar-refractivity contribution in [2.45, 2.75) is 45.8 Å². The molecule has 1 heterocycles. The van der Waals surface area contributed by atoms with E-state index in [0.29, 0.717) is 12.3 Å². The molecule has 27 heavy (non-hydrogen) atoms. The van der Waals surface area contributed by atoms with Crippen molar-refractivity contribution < 1.29 is 19.0 Å². The maximum atomic E-state index is 12.4. The summed E-state index contributed by atoms with van der Waals surface area (Å²) < 4.78 is 17.1. The number of carbonyl (C=O) groups excluding carboxylic acids is 1. The fourth-order valence-electron chi connectivity index (χ4n) is 2.92. The molecular formula is C22H27NO4. The Morgan fingerprint density at radius 3 is 2.70 bits per heavy atom. The van der Waals surface area contributed by atoms with Gasteiger partial charge in [0.05, 0.1) is 6.10 Å². The molecule has 5 heteroatoms. The number of carbonyl (C=O) groups is 1. The second kappa shape index (κ2) is 8.91. The molecule has 0 aromatic heterocycles. The van der Waals surface area contributed by atoms with Crippen molar-refractivity contribution in [1.82, 2.24) is 0 Å². The van der Waals surface area contributed by atoms with Crippen molar-refractivity contribution in [2.24, 2.45) is 0 Å². The standard InChI is InChI=1S/C22H27NO4/c1-15-6-7-16(2)21(13-15)27-17(3)22(24)23-18-8-10-19(11-9-18)26-14-20-5-4-12-25-20/h6-11,13,17,20H,4-5,12,14H2,1-3H3,(H,23,24)/t17-,20-/m0/s1. The molecule has 2 aromatic carbocycles. The van der Waals surface area contributed by atoms with Crippen molar-refractivity contribution in [2.75, 3.05) is 18.5 Å². The molecule has 144 valence electrons. The summed E-state index contributed by atoms with van der Waals surface area (Å²) in [6, 6.07) is 13.3. The Hall–Kier alpha value is -2.53. The van der Waals surface area contributed by atoms with Crippen molar-refractivity contribution in [3.63, 3.8) is 0 Å². The minimum absolute atomic E-state index is 0.187. The average Bonchev–Trinajstić information content (AvgIpc) is 3.17. The Bertz CT molecular complexity index is 766. The molecule has 1 saturated heterocycles. The summed E-state index contributed by atoms with van der Waals surface area (Å²) in [7, 11) is 0. The number of amides is 1. The van der Waals surface area contributed by atoms with E-state index < -0.39 is 6.10 Å². The van der Waals surface area contributed by atoms with E-state index >= 15 is 0 Å². The molecule has 1 aliphatic heterocycles. The van der Waals surface area contributed by atoms with Gasteiger partial charge in [0, 0.05) is 12.3 Å². The van der Waals surface area contributed by atoms with Crippen molar-refractivity contribution in [1.29, 1.82) is 0 Å². The molecule has 1 aliphatic rings. The summed E-state index contributed by atoms with van der Waals surface area (Å²) in [6.45, 7) is 7.10. The largest absolute Gasteiger partial charge is 0.491 e. The zero-order valence-corrected chi connectivity index (χ0v) is 16.2. The summed E-state index contributed by atoms with van der Waals surface area (Å²) >= 11 is 0. The summed E-state index contributed by atoms with van der Waals surface area (Å²) in [4.78, 5) is 12.4. The number of benzene rings is 2. The second-order valence-electron chi connectivity index (χ2n) is 6.99. The molecule has 0 saturated carbocycles. The van der Waals surface area contributed by atoms with E-state index in [2.05, 4.69) is 5.32 Å². The molecule has 0 aliphatic carbocycles. The summed E-state index contributed by atoms with van der Waals surface area (Å²) in [5.74, 6) is 1.31. The second-order valence-corrected chi connectivity index (χ2v) is 6.99. The van der Waals surface area contributed by atoms with Gasteiger partial charge in [-0.05, 0) is 75.1 Å². The Kier molecular flexibility index (Phi) is 6.35. The quantitative estimate of drug-likeness (QED) is 0.792. The third-order valence-corrected chi connectivity index (χ3v) is 4.60. The van der Waals surface area contributed by atoms with Gasteiger partial charge in [-0.3, -0.25) is 4.79 Å². The summed E-state index contributed by atoms with van der Waals surface area (Å²) in [5, 5.41) is 2.88. The van der Waals surface area contributed by atoms with E-state index in [9.17, 15) is 4.79 Å². The number of rotatable bonds is 7. The number of anilines is 1. The monoisotopic (exact) mass is 369 g/mol. The van der Waals surface area contributed by atoms with Gasteiger partial charge in [-0.25, -0.2) is 0 Å². The molecule has 1 amide bonds. The lowest BCUT2D eigenvalue weighted by Gasteiger charge is -2.17. The third-order valence-electron chi connectivity index (χ3n) is 4.60. The molecule has 1 fully saturated rings. The van der Waals surface area contributed by atoms with E-state index in [1.807, 2.05) is 56.3 Å². The van der Waals surface area contributed by atoms with Crippen LogP contribution in [-0.4, -0.2) is 31.3 Å². The van der Waals surface area contributed by atoms with Crippen LogP contribution in [-0.2, 0) is 9.53 Å². The van der Waals surface area contributed by atoms with Crippen LogP contribution >= 0.6 is 0 Å². The molecule has 3 rings (SSSR count). The van der Waals surface area contributed by atoms with Gasteiger partial charge in [0.1, 0.15) is 18.1 Å². The maximum Gasteiger partial charge on any atom is 0.265 e. The fraction of sp³-hybridized carbons (Fsp3) is 0.409. The van der Waals surface area contributed by atoms with Crippen LogP contribution in [0.25, 0.3) is 0 Å². The Morgan fingerprint density at radius 2 is 2.00 bits per heavy atom. The minimum atomic E-state index is -0.596. The predicted octanol–water partition coefficient (Wildman–Crippen LogP) is 4.27. The number of nitrogens with one attached hydrogen (secondary N) is 1. The van der Waals surface area contributed by atoms with Crippen LogP contribution < -0.4 is 14.8 Å². The highest BCUT2D eigenvalue weighted by Crippen LogP contribution is 2.22. The van der Waals surface area contributed by atoms with Gasteiger partial charge >= 0.3 is 0 Å². The van der Waals surface area contributed by atoms with E-state index in [1.54, 1.807) is 6.92 Å². The first-order valence-electron chi connectivity index (χ1n) is 9.40. The highest BCUT2D eigenvalue weighted by Gasteiger charge is 2.17. The molecule has 2 atom stereocenters. The number of hydrogen-bond acceptors (Lipinski definition) is 4. The van der Waals surface area contributed by atoms with Gasteiger partial charge in [-0.1, -0.05) is 12.1 Å². The molecule has 2 aromatic rings. The number of aryl methyl sites for hydroxylation is 2. The first-order valence-corrected chi connectivity index (χ1v) is 9.40. The molecular weight excluding hydrogens is 342 g/mol. The van der Waals surface area contributed by atoms with E-state index in [-0.39, 0.29) is 12.0 Å². The number of ether oxygens (including phenoxy) is 3. The van der Waals surface area contributed by atoms with Gasteiger partial charge in [0.2, 0.25) is 0 Å². The Labute approximate surface area is 160 Å². The SMILES string of the molecule is Cc1ccc(C)c(O[C@@H](C)C(=O)Nc2ccc(OC[C@@H]3CCCO3)cc2)c1. The molecule has 0 radical (unpaired) electrons. The topological polar surface area (TPSA) is 56.8 Å². The van der Waals surface area contributed by atoms with Crippen LogP contribution in [0.15, 0.2) is 42.5 Å². The Balaban J connectivity index is 1.51. The van der Waals surface area contributed by atoms with Crippen LogP contribution in [0.3, 0.4) is 0 Å². The molecule has 0 bridgehead atoms. The Morgan fingerprint density at radius 1 is 1.22 bits per heavy atom. The summed E-state index contributed by atoms with van der Waals surface area (Å²) in [6.07, 6.45) is 1.74. The smallest absolute Gasteiger partial charge is 0.265 e. The maximum absolute atomic E-state index is 12.4. The zero-order valence-electron chi connectivity index (χ0n) is 16.2. The van der Waals surface area contributed by atoms with Crippen molar-refractivity contribution >= 4 is 11.6 Å². The highest BCUT2D eigenvalue weighted by molar-refractivity contribution is 5.94. The first kappa shape index (κ1) is 19.2. The van der Waals surface area contributed by atoms with Gasteiger partial charge in [0.25, 0.3) is 5.91 Å². The predicted molar refractivity (Wildman–Crippen MR) is 106 cm³/mol. The van der Waals surface area contributed by atoms with Crippen LogP contribution in [0.1, 0.15) is 30.9 Å². The van der Waals surface area contributed by atoms with Crippen LogP contribution in [0.5, 0.6) is 11.5 Å². The summed E-state index contributed by atoms with van der Waals surface area (Å²) in [5.41, 5.74) is 2.82. The molecule has 0 spiro atoms. The zero-order chi connectivity index (χ0) is 19.2. The van der Waals surface area contributed by atoms with Crippen LogP contribution in [0.4, 0.5) is 5.69 Å². The lowest BCUT2D eigenvalue weighted by atomic mass is 10.1. The van der Waals surface area contributed by atoms with Crippen LogP contribution in [0.2, 0.25) is 0 Å². The minimum Gasteiger partial charge on any atom is -0.491 e. The average molecular weight is 369 g/mol. The normalized spacial score (nSPS) is 17.4. The van der Waals surface area contributed by atoms with Crippen LogP contribution in [0, 0.1) is 13.8 Å². The van der Waals surface area contributed by atoms with Gasteiger partial charge in [-0.15, -0.1) is 0 Å². The lowest BCUT2D eigenvalue weighted by Crippen LogP contribution is -2.30. The van der Waals surface area contributed by atoms with E-state index in [0.717, 1.165) is 42.1 Å². The molecule has 1 N–H and O–H groups in total. The van der Waals surface area contributed by atoms with Gasteiger partial charge in [-0.2, -0.15) is 0 Å². The van der Waals surface area contributed by atoms with Gasteiger partial charge < -0.3 is 19.5 Å². The van der Waals surface area contributed by atoms with E-state index in [4.69, 9.17) is 14.2 Å². The van der Waals surface area contributed by atoms with Crippen molar-refractivity contribution in [3.8, 4) is 11.5 Å². The molecule has 5 nitrogen and oxygen atoms in total. The van der Waals surface area contributed by atoms with Gasteiger partial charge in [0.15, 0.2) is 6.10 Å². The highest BCUT2D eigenvalue weighted by atomic mass is 16.5. The molecule has 0 unspecified atom stereocenters. The van der Waals surface area contributed by atoms with E-state index in [1.165, 1.54) is 0 Å². The lowest BCUT2D eigenvalue weighted by molar-refractivity contribution is -0.122. The fourth-order valence-corrected chi connectivity index (χ4v) is 2.92. The third kappa shape index (κ3) is 5.47. The number of hydrogen-bond donors (Lipinski definition) is 1.